The van der Waals surface area contributed by atoms with E-state index in [4.69, 9.17) is 0 Å². The molecule has 0 aliphatic carbocycles. The Morgan fingerprint density at radius 3 is 2.58 bits per heavy atom. The molecule has 1 aliphatic heterocycles. The van der Waals surface area contributed by atoms with Crippen LogP contribution in [0.15, 0.2) is 66.2 Å². The normalized spacial score (nSPS) is 14.8. The Balaban J connectivity index is 1.23. The van der Waals surface area contributed by atoms with Crippen molar-refractivity contribution < 1.29 is 0 Å². The summed E-state index contributed by atoms with van der Waals surface area (Å²) in [5.74, 6) is 0.953. The minimum atomic E-state index is -0.0904. The Morgan fingerprint density at radius 2 is 1.74 bits per heavy atom. The third-order valence-electron chi connectivity index (χ3n) is 5.54. The number of fused-ring (bicyclic) bond motifs is 1. The van der Waals surface area contributed by atoms with Crippen LogP contribution < -0.4 is 10.5 Å². The Labute approximate surface area is 179 Å². The van der Waals surface area contributed by atoms with Crippen molar-refractivity contribution in [1.29, 1.82) is 0 Å². The van der Waals surface area contributed by atoms with Gasteiger partial charge in [-0.15, -0.1) is 0 Å². The Morgan fingerprint density at radius 1 is 0.871 bits per heavy atom. The summed E-state index contributed by atoms with van der Waals surface area (Å²) < 4.78 is 1.54. The molecule has 4 aromatic heterocycles. The highest BCUT2D eigenvalue weighted by Crippen LogP contribution is 2.22. The van der Waals surface area contributed by atoms with E-state index in [2.05, 4.69) is 34.8 Å². The maximum Gasteiger partial charge on any atom is 0.266 e. The zero-order chi connectivity index (χ0) is 21.0. The number of anilines is 1. The van der Waals surface area contributed by atoms with Gasteiger partial charge in [0, 0.05) is 68.3 Å². The molecule has 0 unspecified atom stereocenters. The summed E-state index contributed by atoms with van der Waals surface area (Å²) in [6.07, 6.45) is 8.61. The zero-order valence-corrected chi connectivity index (χ0v) is 17.0. The van der Waals surface area contributed by atoms with Crippen LogP contribution in [0, 0.1) is 0 Å². The SMILES string of the molecule is O=c1ccc(-c2cccnc2)nn1CCN1CCN(c2ncnc3cnccc23)CC1. The second-order valence-electron chi connectivity index (χ2n) is 7.44. The molecule has 156 valence electrons. The molecule has 1 fully saturated rings. The van der Waals surface area contributed by atoms with Crippen LogP contribution in [0.4, 0.5) is 5.82 Å². The van der Waals surface area contributed by atoms with Crippen LogP contribution in [0.3, 0.4) is 0 Å². The van der Waals surface area contributed by atoms with E-state index in [-0.39, 0.29) is 5.56 Å². The smallest absolute Gasteiger partial charge is 0.266 e. The first-order chi connectivity index (χ1) is 15.3. The maximum absolute atomic E-state index is 12.3. The monoisotopic (exact) mass is 414 g/mol. The van der Waals surface area contributed by atoms with Crippen molar-refractivity contribution >= 4 is 16.7 Å². The van der Waals surface area contributed by atoms with Crippen molar-refractivity contribution in [1.82, 2.24) is 34.6 Å². The highest BCUT2D eigenvalue weighted by Gasteiger charge is 2.20. The van der Waals surface area contributed by atoms with Gasteiger partial charge in [0.1, 0.15) is 12.1 Å². The summed E-state index contributed by atoms with van der Waals surface area (Å²) in [6.45, 7) is 4.85. The van der Waals surface area contributed by atoms with Crippen LogP contribution in [0.1, 0.15) is 0 Å². The largest absolute Gasteiger partial charge is 0.353 e. The van der Waals surface area contributed by atoms with E-state index in [1.807, 2.05) is 18.2 Å². The number of pyridine rings is 2. The van der Waals surface area contributed by atoms with Crippen LogP contribution >= 0.6 is 0 Å². The van der Waals surface area contributed by atoms with E-state index in [0.717, 1.165) is 60.7 Å². The molecule has 9 heteroatoms. The number of piperazine rings is 1. The maximum atomic E-state index is 12.3. The van der Waals surface area contributed by atoms with Crippen molar-refractivity contribution in [2.24, 2.45) is 0 Å². The molecule has 0 aromatic carbocycles. The van der Waals surface area contributed by atoms with Gasteiger partial charge in [-0.3, -0.25) is 19.7 Å². The van der Waals surface area contributed by atoms with Crippen LogP contribution in [0.25, 0.3) is 22.2 Å². The lowest BCUT2D eigenvalue weighted by atomic mass is 10.2. The van der Waals surface area contributed by atoms with E-state index in [1.165, 1.54) is 0 Å². The highest BCUT2D eigenvalue weighted by atomic mass is 16.1. The molecule has 0 bridgehead atoms. The molecule has 31 heavy (non-hydrogen) atoms. The van der Waals surface area contributed by atoms with E-state index in [9.17, 15) is 4.79 Å². The van der Waals surface area contributed by atoms with Crippen LogP contribution in [-0.2, 0) is 6.54 Å². The molecule has 1 saturated heterocycles. The standard InChI is InChI=1S/C22H22N8O/c31-21-4-3-19(17-2-1-6-23-14-17)27-30(21)13-10-28-8-11-29(12-9-28)22-18-5-7-24-15-20(18)25-16-26-22/h1-7,14-16H,8-13H2. The van der Waals surface area contributed by atoms with Gasteiger partial charge in [-0.25, -0.2) is 14.6 Å². The van der Waals surface area contributed by atoms with Gasteiger partial charge in [0.15, 0.2) is 0 Å². The number of rotatable bonds is 5. The van der Waals surface area contributed by atoms with Gasteiger partial charge in [-0.05, 0) is 24.3 Å². The lowest BCUT2D eigenvalue weighted by Crippen LogP contribution is -2.48. The third-order valence-corrected chi connectivity index (χ3v) is 5.54. The fourth-order valence-electron chi connectivity index (χ4n) is 3.84. The fourth-order valence-corrected chi connectivity index (χ4v) is 3.84. The highest BCUT2D eigenvalue weighted by molar-refractivity contribution is 5.88. The first-order valence-corrected chi connectivity index (χ1v) is 10.3. The molecular formula is C22H22N8O. The number of nitrogens with zero attached hydrogens (tertiary/aromatic N) is 8. The van der Waals surface area contributed by atoms with E-state index >= 15 is 0 Å². The van der Waals surface area contributed by atoms with Gasteiger partial charge >= 0.3 is 0 Å². The van der Waals surface area contributed by atoms with Crippen molar-refractivity contribution in [2.75, 3.05) is 37.6 Å². The molecule has 0 radical (unpaired) electrons. The summed E-state index contributed by atoms with van der Waals surface area (Å²) in [6, 6.07) is 9.09. The number of hydrogen-bond acceptors (Lipinski definition) is 8. The molecular weight excluding hydrogens is 392 g/mol. The van der Waals surface area contributed by atoms with Gasteiger partial charge < -0.3 is 4.90 Å². The average molecular weight is 414 g/mol. The topological polar surface area (TPSA) is 92.9 Å². The van der Waals surface area contributed by atoms with Crippen LogP contribution in [-0.4, -0.2) is 67.3 Å². The molecule has 4 aromatic rings. The van der Waals surface area contributed by atoms with Crippen molar-refractivity contribution in [3.8, 4) is 11.3 Å². The average Bonchev–Trinajstić information content (AvgIpc) is 2.84. The first-order valence-electron chi connectivity index (χ1n) is 10.3. The molecule has 0 spiro atoms. The minimum absolute atomic E-state index is 0.0904. The molecule has 0 amide bonds. The lowest BCUT2D eigenvalue weighted by Gasteiger charge is -2.35. The fraction of sp³-hybridized carbons (Fsp3) is 0.273. The first kappa shape index (κ1) is 19.3. The summed E-state index contributed by atoms with van der Waals surface area (Å²) in [5.41, 5.74) is 2.42. The summed E-state index contributed by atoms with van der Waals surface area (Å²) in [7, 11) is 0. The number of hydrogen-bond donors (Lipinski definition) is 0. The Kier molecular flexibility index (Phi) is 5.32. The van der Waals surface area contributed by atoms with Gasteiger partial charge in [0.25, 0.3) is 5.56 Å². The Bertz CT molecular complexity index is 1230. The summed E-state index contributed by atoms with van der Waals surface area (Å²) in [4.78, 5) is 34.0. The third kappa shape index (κ3) is 4.13. The zero-order valence-electron chi connectivity index (χ0n) is 17.0. The van der Waals surface area contributed by atoms with E-state index in [0.29, 0.717) is 6.54 Å². The van der Waals surface area contributed by atoms with Gasteiger partial charge in [0.05, 0.1) is 24.0 Å². The number of aromatic nitrogens is 6. The Hall–Kier alpha value is -3.72. The van der Waals surface area contributed by atoms with Crippen molar-refractivity contribution in [3.63, 3.8) is 0 Å². The van der Waals surface area contributed by atoms with Gasteiger partial charge in [0.2, 0.25) is 0 Å². The van der Waals surface area contributed by atoms with E-state index in [1.54, 1.807) is 47.9 Å². The molecule has 5 rings (SSSR count). The summed E-state index contributed by atoms with van der Waals surface area (Å²) in [5, 5.41) is 5.55. The predicted molar refractivity (Wildman–Crippen MR) is 118 cm³/mol. The molecule has 9 nitrogen and oxygen atoms in total. The van der Waals surface area contributed by atoms with Crippen molar-refractivity contribution in [3.05, 3.63) is 71.8 Å². The molecule has 0 atom stereocenters. The van der Waals surface area contributed by atoms with Gasteiger partial charge in [-0.2, -0.15) is 5.10 Å². The molecule has 0 saturated carbocycles. The van der Waals surface area contributed by atoms with Gasteiger partial charge in [-0.1, -0.05) is 0 Å². The minimum Gasteiger partial charge on any atom is -0.353 e. The molecule has 1 aliphatic rings. The summed E-state index contributed by atoms with van der Waals surface area (Å²) >= 11 is 0. The van der Waals surface area contributed by atoms with Crippen LogP contribution in [0.5, 0.6) is 0 Å². The lowest BCUT2D eigenvalue weighted by molar-refractivity contribution is 0.242. The second kappa shape index (κ2) is 8.57. The predicted octanol–water partition coefficient (Wildman–Crippen LogP) is 1.47. The quantitative estimate of drug-likeness (QED) is 0.485. The van der Waals surface area contributed by atoms with Crippen LogP contribution in [0.2, 0.25) is 0 Å². The van der Waals surface area contributed by atoms with E-state index < -0.39 is 0 Å². The second-order valence-corrected chi connectivity index (χ2v) is 7.44. The molecule has 0 N–H and O–H groups in total. The van der Waals surface area contributed by atoms with Crippen molar-refractivity contribution in [2.45, 2.75) is 6.54 Å². The molecule has 5 heterocycles.